The molecule has 1 aromatic rings. The standard InChI is InChI=1S/C14H23NO3/c1-3-5-13-9-12(11-16)10-14(15-13)18-8-7-17-6-4-2/h9-10,16H,3-8,11H2,1-2H3. The van der Waals surface area contributed by atoms with Crippen LogP contribution in [0.2, 0.25) is 0 Å². The number of ether oxygens (including phenoxy) is 2. The van der Waals surface area contributed by atoms with Gasteiger partial charge >= 0.3 is 0 Å². The van der Waals surface area contributed by atoms with Gasteiger partial charge in [0.2, 0.25) is 5.88 Å². The van der Waals surface area contributed by atoms with Crippen LogP contribution in [0.3, 0.4) is 0 Å². The van der Waals surface area contributed by atoms with E-state index in [0.29, 0.717) is 19.1 Å². The van der Waals surface area contributed by atoms with Gasteiger partial charge in [-0.15, -0.1) is 0 Å². The van der Waals surface area contributed by atoms with Gasteiger partial charge in [-0.25, -0.2) is 4.98 Å². The molecule has 0 unspecified atom stereocenters. The Kier molecular flexibility index (Phi) is 7.37. The third kappa shape index (κ3) is 5.47. The molecule has 1 N–H and O–H groups in total. The largest absolute Gasteiger partial charge is 0.475 e. The van der Waals surface area contributed by atoms with Crippen molar-refractivity contribution in [3.8, 4) is 5.88 Å². The quantitative estimate of drug-likeness (QED) is 0.686. The van der Waals surface area contributed by atoms with Gasteiger partial charge in [0.25, 0.3) is 0 Å². The molecule has 0 fully saturated rings. The molecule has 1 aromatic heterocycles. The lowest BCUT2D eigenvalue weighted by molar-refractivity contribution is 0.0988. The molecule has 0 aliphatic carbocycles. The number of aliphatic hydroxyl groups excluding tert-OH is 1. The van der Waals surface area contributed by atoms with Crippen LogP contribution in [0.5, 0.6) is 5.88 Å². The van der Waals surface area contributed by atoms with Gasteiger partial charge in [-0.1, -0.05) is 20.3 Å². The molecule has 0 spiro atoms. The monoisotopic (exact) mass is 253 g/mol. The summed E-state index contributed by atoms with van der Waals surface area (Å²) in [5.41, 5.74) is 1.81. The number of hydrogen-bond acceptors (Lipinski definition) is 4. The molecule has 4 heteroatoms. The van der Waals surface area contributed by atoms with Crippen molar-refractivity contribution >= 4 is 0 Å². The lowest BCUT2D eigenvalue weighted by atomic mass is 10.2. The number of rotatable bonds is 9. The molecule has 0 saturated heterocycles. The minimum atomic E-state index is 0.0158. The van der Waals surface area contributed by atoms with Gasteiger partial charge in [-0.05, 0) is 24.5 Å². The zero-order chi connectivity index (χ0) is 13.2. The Balaban J connectivity index is 2.50. The fourth-order valence-corrected chi connectivity index (χ4v) is 1.62. The molecule has 0 aromatic carbocycles. The summed E-state index contributed by atoms with van der Waals surface area (Å²) >= 11 is 0. The fourth-order valence-electron chi connectivity index (χ4n) is 1.62. The number of aliphatic hydroxyl groups is 1. The first-order valence-corrected chi connectivity index (χ1v) is 6.61. The summed E-state index contributed by atoms with van der Waals surface area (Å²) in [7, 11) is 0. The van der Waals surface area contributed by atoms with Gasteiger partial charge in [-0.2, -0.15) is 0 Å². The summed E-state index contributed by atoms with van der Waals surface area (Å²) in [5, 5.41) is 9.19. The smallest absolute Gasteiger partial charge is 0.213 e. The highest BCUT2D eigenvalue weighted by Gasteiger charge is 2.03. The molecule has 0 aliphatic heterocycles. The van der Waals surface area contributed by atoms with Crippen molar-refractivity contribution in [1.82, 2.24) is 4.98 Å². The molecule has 18 heavy (non-hydrogen) atoms. The maximum Gasteiger partial charge on any atom is 0.213 e. The summed E-state index contributed by atoms with van der Waals surface area (Å²) in [4.78, 5) is 4.40. The predicted molar refractivity (Wildman–Crippen MR) is 70.8 cm³/mol. The Labute approximate surface area is 109 Å². The maximum absolute atomic E-state index is 9.19. The Bertz CT molecular complexity index is 342. The predicted octanol–water partition coefficient (Wildman–Crippen LogP) is 2.33. The van der Waals surface area contributed by atoms with Crippen molar-refractivity contribution in [2.24, 2.45) is 0 Å². The highest BCUT2D eigenvalue weighted by atomic mass is 16.5. The molecule has 0 bridgehead atoms. The lowest BCUT2D eigenvalue weighted by Gasteiger charge is -2.09. The number of aromatic nitrogens is 1. The number of nitrogens with zero attached hydrogens (tertiary/aromatic N) is 1. The third-order valence-electron chi connectivity index (χ3n) is 2.43. The zero-order valence-corrected chi connectivity index (χ0v) is 11.3. The molecule has 102 valence electrons. The summed E-state index contributed by atoms with van der Waals surface area (Å²) in [5.74, 6) is 0.574. The molecule has 0 aliphatic rings. The van der Waals surface area contributed by atoms with E-state index in [-0.39, 0.29) is 6.61 Å². The van der Waals surface area contributed by atoms with Gasteiger partial charge in [0.15, 0.2) is 0 Å². The highest BCUT2D eigenvalue weighted by Crippen LogP contribution is 2.14. The van der Waals surface area contributed by atoms with E-state index in [1.54, 1.807) is 6.07 Å². The zero-order valence-electron chi connectivity index (χ0n) is 11.3. The van der Waals surface area contributed by atoms with Gasteiger partial charge in [0.05, 0.1) is 13.2 Å². The highest BCUT2D eigenvalue weighted by molar-refractivity contribution is 5.24. The van der Waals surface area contributed by atoms with Gasteiger partial charge in [0.1, 0.15) is 6.61 Å². The fraction of sp³-hybridized carbons (Fsp3) is 0.643. The summed E-state index contributed by atoms with van der Waals surface area (Å²) in [6.45, 7) is 6.02. The summed E-state index contributed by atoms with van der Waals surface area (Å²) in [6.07, 6.45) is 2.94. The van der Waals surface area contributed by atoms with Crippen LogP contribution in [-0.4, -0.2) is 29.9 Å². The van der Waals surface area contributed by atoms with E-state index < -0.39 is 0 Å². The third-order valence-corrected chi connectivity index (χ3v) is 2.43. The molecule has 0 atom stereocenters. The first kappa shape index (κ1) is 14.9. The number of pyridine rings is 1. The van der Waals surface area contributed by atoms with Crippen molar-refractivity contribution in [1.29, 1.82) is 0 Å². The van der Waals surface area contributed by atoms with E-state index in [1.165, 1.54) is 0 Å². The van der Waals surface area contributed by atoms with E-state index in [1.807, 2.05) is 6.07 Å². The van der Waals surface area contributed by atoms with Crippen LogP contribution < -0.4 is 4.74 Å². The average molecular weight is 253 g/mol. The van der Waals surface area contributed by atoms with Gasteiger partial charge in [0, 0.05) is 18.4 Å². The van der Waals surface area contributed by atoms with Crippen LogP contribution in [0.15, 0.2) is 12.1 Å². The van der Waals surface area contributed by atoms with Crippen LogP contribution in [0.4, 0.5) is 0 Å². The van der Waals surface area contributed by atoms with Crippen LogP contribution in [-0.2, 0) is 17.8 Å². The molecule has 4 nitrogen and oxygen atoms in total. The Morgan fingerprint density at radius 3 is 2.61 bits per heavy atom. The first-order valence-electron chi connectivity index (χ1n) is 6.61. The molecular formula is C14H23NO3. The van der Waals surface area contributed by atoms with Gasteiger partial charge < -0.3 is 14.6 Å². The van der Waals surface area contributed by atoms with E-state index in [9.17, 15) is 5.11 Å². The Morgan fingerprint density at radius 2 is 1.94 bits per heavy atom. The van der Waals surface area contributed by atoms with E-state index in [0.717, 1.165) is 37.1 Å². The van der Waals surface area contributed by atoms with Crippen LogP contribution in [0, 0.1) is 0 Å². The molecule has 0 saturated carbocycles. The van der Waals surface area contributed by atoms with Crippen molar-refractivity contribution in [3.63, 3.8) is 0 Å². The minimum Gasteiger partial charge on any atom is -0.475 e. The average Bonchev–Trinajstić information content (AvgIpc) is 2.38. The molecular weight excluding hydrogens is 230 g/mol. The second-order valence-corrected chi connectivity index (χ2v) is 4.17. The van der Waals surface area contributed by atoms with E-state index in [2.05, 4.69) is 18.8 Å². The molecule has 1 heterocycles. The van der Waals surface area contributed by atoms with Gasteiger partial charge in [-0.3, -0.25) is 0 Å². The van der Waals surface area contributed by atoms with Crippen LogP contribution >= 0.6 is 0 Å². The summed E-state index contributed by atoms with van der Waals surface area (Å²) in [6, 6.07) is 3.70. The normalized spacial score (nSPS) is 10.6. The topological polar surface area (TPSA) is 51.6 Å². The molecule has 1 rings (SSSR count). The molecule has 0 amide bonds. The maximum atomic E-state index is 9.19. The number of aryl methyl sites for hydroxylation is 1. The van der Waals surface area contributed by atoms with E-state index in [4.69, 9.17) is 9.47 Å². The first-order chi connectivity index (χ1) is 8.80. The van der Waals surface area contributed by atoms with Crippen molar-refractivity contribution in [2.75, 3.05) is 19.8 Å². The second kappa shape index (κ2) is 8.89. The van der Waals surface area contributed by atoms with Crippen molar-refractivity contribution < 1.29 is 14.6 Å². The number of hydrogen-bond donors (Lipinski definition) is 1. The van der Waals surface area contributed by atoms with Crippen LogP contribution in [0.25, 0.3) is 0 Å². The minimum absolute atomic E-state index is 0.0158. The van der Waals surface area contributed by atoms with Crippen molar-refractivity contribution in [3.05, 3.63) is 23.4 Å². The molecule has 0 radical (unpaired) electrons. The summed E-state index contributed by atoms with van der Waals surface area (Å²) < 4.78 is 10.9. The SMILES string of the molecule is CCCOCCOc1cc(CO)cc(CCC)n1. The Morgan fingerprint density at radius 1 is 1.11 bits per heavy atom. The second-order valence-electron chi connectivity index (χ2n) is 4.17. The van der Waals surface area contributed by atoms with Crippen molar-refractivity contribution in [2.45, 2.75) is 39.7 Å². The van der Waals surface area contributed by atoms with Crippen LogP contribution in [0.1, 0.15) is 37.9 Å². The van der Waals surface area contributed by atoms with E-state index >= 15 is 0 Å². The lowest BCUT2D eigenvalue weighted by Crippen LogP contribution is -2.09. The Hall–Kier alpha value is -1.13.